The lowest BCUT2D eigenvalue weighted by Crippen LogP contribution is -2.33. The van der Waals surface area contributed by atoms with Gasteiger partial charge in [0.05, 0.1) is 5.25 Å². The molecule has 3 nitrogen and oxygen atoms in total. The van der Waals surface area contributed by atoms with Gasteiger partial charge < -0.3 is 5.73 Å². The number of benzene rings is 1. The van der Waals surface area contributed by atoms with Crippen molar-refractivity contribution < 1.29 is 8.42 Å². The van der Waals surface area contributed by atoms with E-state index in [9.17, 15) is 8.42 Å². The Kier molecular flexibility index (Phi) is 5.16. The van der Waals surface area contributed by atoms with Crippen molar-refractivity contribution in [2.75, 3.05) is 6.26 Å². The second-order valence-corrected chi connectivity index (χ2v) is 9.22. The Hall–Kier alpha value is -0.100. The Bertz CT molecular complexity index is 591. The lowest BCUT2D eigenvalue weighted by Gasteiger charge is -2.32. The van der Waals surface area contributed by atoms with Gasteiger partial charge in [-0.2, -0.15) is 0 Å². The summed E-state index contributed by atoms with van der Waals surface area (Å²) >= 11 is 9.64. The van der Waals surface area contributed by atoms with E-state index < -0.39 is 9.84 Å². The van der Waals surface area contributed by atoms with Gasteiger partial charge in [0, 0.05) is 21.8 Å². The van der Waals surface area contributed by atoms with Gasteiger partial charge >= 0.3 is 0 Å². The second-order valence-electron chi connectivity index (χ2n) is 5.57. The lowest BCUT2D eigenvalue weighted by molar-refractivity contribution is 0.309. The Labute approximate surface area is 133 Å². The minimum absolute atomic E-state index is 0.162. The van der Waals surface area contributed by atoms with Crippen LogP contribution in [0.1, 0.15) is 37.3 Å². The summed E-state index contributed by atoms with van der Waals surface area (Å²) in [5, 5.41) is 0.375. The number of nitrogens with two attached hydrogens (primary N) is 1. The average molecular weight is 381 g/mol. The first-order valence-corrected chi connectivity index (χ1v) is 9.81. The summed E-state index contributed by atoms with van der Waals surface area (Å²) in [5.74, 6) is 0.162. The van der Waals surface area contributed by atoms with E-state index in [-0.39, 0.29) is 17.2 Å². The molecule has 1 aliphatic carbocycles. The van der Waals surface area contributed by atoms with Gasteiger partial charge in [-0.3, -0.25) is 0 Å². The average Bonchev–Trinajstić information content (AvgIpc) is 2.40. The van der Waals surface area contributed by atoms with Crippen LogP contribution < -0.4 is 5.73 Å². The van der Waals surface area contributed by atoms with Crippen LogP contribution in [0.25, 0.3) is 0 Å². The molecule has 2 N–H and O–H groups in total. The highest BCUT2D eigenvalue weighted by atomic mass is 79.9. The molecule has 6 heteroatoms. The first kappa shape index (κ1) is 16.3. The molecule has 0 bridgehead atoms. The minimum atomic E-state index is -2.99. The third kappa shape index (κ3) is 3.75. The Morgan fingerprint density at radius 3 is 2.75 bits per heavy atom. The fourth-order valence-corrected chi connectivity index (χ4v) is 4.73. The largest absolute Gasteiger partial charge is 0.324 e. The van der Waals surface area contributed by atoms with E-state index >= 15 is 0 Å². The molecule has 1 fully saturated rings. The van der Waals surface area contributed by atoms with Crippen molar-refractivity contribution in [3.05, 3.63) is 33.3 Å². The molecule has 1 saturated carbocycles. The molecule has 112 valence electrons. The van der Waals surface area contributed by atoms with Crippen LogP contribution in [0.5, 0.6) is 0 Å². The zero-order chi connectivity index (χ0) is 14.9. The molecule has 0 heterocycles. The topological polar surface area (TPSA) is 60.2 Å². The molecular formula is C14H19BrClNO2S. The SMILES string of the molecule is CS(=O)(=O)C1CCCC(C(N)c2cc(Br)ccc2Cl)C1. The third-order valence-electron chi connectivity index (χ3n) is 4.10. The second kappa shape index (κ2) is 6.34. The molecule has 0 aromatic heterocycles. The standard InChI is InChI=1S/C14H19BrClNO2S/c1-20(18,19)11-4-2-3-9(7-11)14(17)12-8-10(15)5-6-13(12)16/h5-6,8-9,11,14H,2-4,7,17H2,1H3. The molecule has 1 aliphatic rings. The van der Waals surface area contributed by atoms with Gasteiger partial charge in [0.2, 0.25) is 0 Å². The minimum Gasteiger partial charge on any atom is -0.324 e. The number of hydrogen-bond acceptors (Lipinski definition) is 3. The van der Waals surface area contributed by atoms with Gasteiger partial charge in [-0.25, -0.2) is 8.42 Å². The van der Waals surface area contributed by atoms with E-state index in [0.29, 0.717) is 11.4 Å². The molecular weight excluding hydrogens is 362 g/mol. The van der Waals surface area contributed by atoms with Gasteiger partial charge in [0.1, 0.15) is 9.84 Å². The molecule has 0 saturated heterocycles. The van der Waals surface area contributed by atoms with Gasteiger partial charge in [-0.1, -0.05) is 34.0 Å². The number of rotatable bonds is 3. The Morgan fingerprint density at radius 2 is 2.10 bits per heavy atom. The Morgan fingerprint density at radius 1 is 1.40 bits per heavy atom. The predicted octanol–water partition coefficient (Wildman–Crippen LogP) is 3.71. The van der Waals surface area contributed by atoms with Crippen molar-refractivity contribution in [2.45, 2.75) is 37.0 Å². The molecule has 1 aromatic carbocycles. The predicted molar refractivity (Wildman–Crippen MR) is 86.7 cm³/mol. The van der Waals surface area contributed by atoms with Crippen LogP contribution in [0.3, 0.4) is 0 Å². The molecule has 20 heavy (non-hydrogen) atoms. The van der Waals surface area contributed by atoms with E-state index in [2.05, 4.69) is 15.9 Å². The quantitative estimate of drug-likeness (QED) is 0.869. The molecule has 0 spiro atoms. The zero-order valence-corrected chi connectivity index (χ0v) is 14.5. The van der Waals surface area contributed by atoms with Crippen molar-refractivity contribution in [2.24, 2.45) is 11.7 Å². The molecule has 0 radical (unpaired) electrons. The van der Waals surface area contributed by atoms with Gasteiger partial charge in [-0.15, -0.1) is 0 Å². The summed E-state index contributed by atoms with van der Waals surface area (Å²) in [6.07, 6.45) is 4.55. The van der Waals surface area contributed by atoms with Crippen LogP contribution >= 0.6 is 27.5 Å². The first-order chi connectivity index (χ1) is 9.29. The maximum Gasteiger partial charge on any atom is 0.150 e. The van der Waals surface area contributed by atoms with Crippen LogP contribution in [-0.4, -0.2) is 19.9 Å². The number of halogens is 2. The van der Waals surface area contributed by atoms with Crippen LogP contribution in [-0.2, 0) is 9.84 Å². The van der Waals surface area contributed by atoms with Crippen molar-refractivity contribution in [3.63, 3.8) is 0 Å². The van der Waals surface area contributed by atoms with Gasteiger partial charge in [0.15, 0.2) is 0 Å². The lowest BCUT2D eigenvalue weighted by atomic mass is 9.81. The van der Waals surface area contributed by atoms with Crippen molar-refractivity contribution in [1.82, 2.24) is 0 Å². The maximum absolute atomic E-state index is 11.7. The monoisotopic (exact) mass is 379 g/mol. The molecule has 2 rings (SSSR count). The third-order valence-corrected chi connectivity index (χ3v) is 6.57. The van der Waals surface area contributed by atoms with Crippen molar-refractivity contribution in [3.8, 4) is 0 Å². The van der Waals surface area contributed by atoms with E-state index in [1.807, 2.05) is 18.2 Å². The number of sulfone groups is 1. The summed E-state index contributed by atoms with van der Waals surface area (Å²) in [4.78, 5) is 0. The van der Waals surface area contributed by atoms with E-state index in [1.54, 1.807) is 0 Å². The smallest absolute Gasteiger partial charge is 0.150 e. The van der Waals surface area contributed by atoms with Crippen LogP contribution in [0.4, 0.5) is 0 Å². The van der Waals surface area contributed by atoms with Crippen LogP contribution in [0.15, 0.2) is 22.7 Å². The molecule has 0 aliphatic heterocycles. The van der Waals surface area contributed by atoms with E-state index in [1.165, 1.54) is 6.26 Å². The van der Waals surface area contributed by atoms with Crippen molar-refractivity contribution in [1.29, 1.82) is 0 Å². The summed E-state index contributed by atoms with van der Waals surface area (Å²) in [7, 11) is -2.99. The molecule has 3 atom stereocenters. The highest BCUT2D eigenvalue weighted by Gasteiger charge is 2.32. The van der Waals surface area contributed by atoms with Gasteiger partial charge in [-0.05, 0) is 48.9 Å². The summed E-state index contributed by atoms with van der Waals surface area (Å²) < 4.78 is 24.4. The zero-order valence-electron chi connectivity index (χ0n) is 11.4. The normalized spacial score (nSPS) is 25.4. The fraction of sp³-hybridized carbons (Fsp3) is 0.571. The van der Waals surface area contributed by atoms with Crippen molar-refractivity contribution >= 4 is 37.4 Å². The summed E-state index contributed by atoms with van der Waals surface area (Å²) in [5.41, 5.74) is 7.23. The molecule has 3 unspecified atom stereocenters. The summed E-state index contributed by atoms with van der Waals surface area (Å²) in [6.45, 7) is 0. The van der Waals surface area contributed by atoms with Crippen LogP contribution in [0, 0.1) is 5.92 Å². The highest BCUT2D eigenvalue weighted by molar-refractivity contribution is 9.10. The fourth-order valence-electron chi connectivity index (χ4n) is 2.92. The first-order valence-electron chi connectivity index (χ1n) is 6.68. The van der Waals surface area contributed by atoms with E-state index in [0.717, 1.165) is 29.3 Å². The summed E-state index contributed by atoms with van der Waals surface area (Å²) in [6, 6.07) is 5.40. The molecule has 0 amide bonds. The Balaban J connectivity index is 2.20. The highest BCUT2D eigenvalue weighted by Crippen LogP contribution is 2.38. The van der Waals surface area contributed by atoms with E-state index in [4.69, 9.17) is 17.3 Å². The van der Waals surface area contributed by atoms with Gasteiger partial charge in [0.25, 0.3) is 0 Å². The molecule has 1 aromatic rings. The number of hydrogen-bond donors (Lipinski definition) is 1. The maximum atomic E-state index is 11.7. The van der Waals surface area contributed by atoms with Crippen LogP contribution in [0.2, 0.25) is 5.02 Å².